The molecule has 2 N–H and O–H groups in total. The highest BCUT2D eigenvalue weighted by molar-refractivity contribution is 6.30. The van der Waals surface area contributed by atoms with Gasteiger partial charge in [-0.15, -0.1) is 0 Å². The van der Waals surface area contributed by atoms with Gasteiger partial charge in [0.2, 0.25) is 0 Å². The van der Waals surface area contributed by atoms with Gasteiger partial charge in [-0.25, -0.2) is 0 Å². The molecule has 0 bridgehead atoms. The second-order valence-electron chi connectivity index (χ2n) is 5.25. The largest absolute Gasteiger partial charge is 0.324 e. The second-order valence-corrected chi connectivity index (χ2v) is 5.69. The number of rotatable bonds is 3. The van der Waals surface area contributed by atoms with Gasteiger partial charge < -0.3 is 5.73 Å². The smallest absolute Gasteiger partial charge is 0.0406 e. The van der Waals surface area contributed by atoms with Gasteiger partial charge in [-0.2, -0.15) is 0 Å². The zero-order chi connectivity index (χ0) is 12.1. The Morgan fingerprint density at radius 1 is 1.06 bits per heavy atom. The number of hydrogen-bond acceptors (Lipinski definition) is 1. The summed E-state index contributed by atoms with van der Waals surface area (Å²) in [5, 5.41) is 0.787. The van der Waals surface area contributed by atoms with Crippen molar-refractivity contribution in [3.8, 4) is 0 Å². The van der Waals surface area contributed by atoms with Crippen LogP contribution >= 0.6 is 11.6 Å². The lowest BCUT2D eigenvalue weighted by molar-refractivity contribution is 0.393. The second kappa shape index (κ2) is 6.42. The van der Waals surface area contributed by atoms with Crippen LogP contribution < -0.4 is 5.73 Å². The number of halogens is 1. The Labute approximate surface area is 109 Å². The third kappa shape index (κ3) is 4.01. The summed E-state index contributed by atoms with van der Waals surface area (Å²) in [6, 6.07) is 8.16. The number of nitrogens with two attached hydrogens (primary N) is 1. The molecule has 17 heavy (non-hydrogen) atoms. The third-order valence-corrected chi connectivity index (χ3v) is 4.11. The van der Waals surface area contributed by atoms with E-state index >= 15 is 0 Å². The first kappa shape index (κ1) is 12.9. The molecule has 1 aliphatic rings. The summed E-state index contributed by atoms with van der Waals surface area (Å²) < 4.78 is 0. The quantitative estimate of drug-likeness (QED) is 0.775. The third-order valence-electron chi connectivity index (χ3n) is 3.86. The summed E-state index contributed by atoms with van der Waals surface area (Å²) >= 11 is 5.89. The summed E-state index contributed by atoms with van der Waals surface area (Å²) in [6.07, 6.45) is 9.44. The van der Waals surface area contributed by atoms with Crippen molar-refractivity contribution in [2.24, 2.45) is 11.7 Å². The predicted octanol–water partition coefficient (Wildman–Crippen LogP) is 4.70. The number of benzene rings is 1. The summed E-state index contributed by atoms with van der Waals surface area (Å²) in [7, 11) is 0. The Hall–Kier alpha value is -0.530. The molecule has 0 radical (unpaired) electrons. The van der Waals surface area contributed by atoms with E-state index in [1.54, 1.807) is 0 Å². The van der Waals surface area contributed by atoms with Crippen molar-refractivity contribution in [2.75, 3.05) is 0 Å². The standard InChI is InChI=1S/C15H22ClN/c16-14-9-7-13(8-10-14)15(17)11-12-5-3-1-2-4-6-12/h7-10,12,15H,1-6,11,17H2. The average Bonchev–Trinajstić information content (AvgIpc) is 2.58. The summed E-state index contributed by atoms with van der Waals surface area (Å²) in [6.45, 7) is 0. The molecular weight excluding hydrogens is 230 g/mol. The van der Waals surface area contributed by atoms with Crippen LogP contribution in [0.5, 0.6) is 0 Å². The molecular formula is C15H22ClN. The van der Waals surface area contributed by atoms with Crippen LogP contribution in [0.4, 0.5) is 0 Å². The molecule has 0 aromatic heterocycles. The molecule has 0 saturated heterocycles. The van der Waals surface area contributed by atoms with Crippen LogP contribution in [0.1, 0.15) is 56.6 Å². The molecule has 1 aromatic carbocycles. The van der Waals surface area contributed by atoms with Gasteiger partial charge in [0.15, 0.2) is 0 Å². The summed E-state index contributed by atoms with van der Waals surface area (Å²) in [5.41, 5.74) is 7.50. The van der Waals surface area contributed by atoms with E-state index in [2.05, 4.69) is 12.1 Å². The Balaban J connectivity index is 1.91. The highest BCUT2D eigenvalue weighted by Gasteiger charge is 2.16. The minimum absolute atomic E-state index is 0.176. The molecule has 0 heterocycles. The maximum Gasteiger partial charge on any atom is 0.0406 e. The Morgan fingerprint density at radius 3 is 2.24 bits per heavy atom. The van der Waals surface area contributed by atoms with Gasteiger partial charge in [0.05, 0.1) is 0 Å². The molecule has 1 atom stereocenters. The Kier molecular flexibility index (Phi) is 4.87. The van der Waals surface area contributed by atoms with Crippen molar-refractivity contribution in [1.82, 2.24) is 0 Å². The van der Waals surface area contributed by atoms with Crippen molar-refractivity contribution in [2.45, 2.75) is 51.0 Å². The van der Waals surface area contributed by atoms with Crippen molar-refractivity contribution in [1.29, 1.82) is 0 Å². The topological polar surface area (TPSA) is 26.0 Å². The van der Waals surface area contributed by atoms with Gasteiger partial charge in [-0.3, -0.25) is 0 Å². The Bertz CT molecular complexity index is 325. The van der Waals surface area contributed by atoms with Crippen molar-refractivity contribution in [3.05, 3.63) is 34.9 Å². The molecule has 1 unspecified atom stereocenters. The molecule has 1 aliphatic carbocycles. The molecule has 0 spiro atoms. The van der Waals surface area contributed by atoms with Crippen LogP contribution in [0.25, 0.3) is 0 Å². The van der Waals surface area contributed by atoms with Crippen LogP contribution in [0.3, 0.4) is 0 Å². The van der Waals surface area contributed by atoms with Crippen LogP contribution in [0, 0.1) is 5.92 Å². The van der Waals surface area contributed by atoms with E-state index in [0.29, 0.717) is 0 Å². The molecule has 0 aliphatic heterocycles. The zero-order valence-electron chi connectivity index (χ0n) is 10.4. The van der Waals surface area contributed by atoms with E-state index in [1.807, 2.05) is 12.1 Å². The molecule has 1 aromatic rings. The van der Waals surface area contributed by atoms with Crippen LogP contribution in [0.15, 0.2) is 24.3 Å². The fraction of sp³-hybridized carbons (Fsp3) is 0.600. The lowest BCUT2D eigenvalue weighted by Crippen LogP contribution is -2.15. The van der Waals surface area contributed by atoms with Gasteiger partial charge in [-0.05, 0) is 30.0 Å². The Morgan fingerprint density at radius 2 is 1.65 bits per heavy atom. The average molecular weight is 252 g/mol. The minimum Gasteiger partial charge on any atom is -0.324 e. The monoisotopic (exact) mass is 251 g/mol. The van der Waals surface area contributed by atoms with Crippen LogP contribution in [0.2, 0.25) is 5.02 Å². The fourth-order valence-electron chi connectivity index (χ4n) is 2.80. The lowest BCUT2D eigenvalue weighted by atomic mass is 9.90. The van der Waals surface area contributed by atoms with Gasteiger partial charge in [-0.1, -0.05) is 62.3 Å². The molecule has 1 fully saturated rings. The minimum atomic E-state index is 0.176. The van der Waals surface area contributed by atoms with E-state index < -0.39 is 0 Å². The molecule has 2 rings (SSSR count). The van der Waals surface area contributed by atoms with Crippen LogP contribution in [-0.2, 0) is 0 Å². The van der Waals surface area contributed by atoms with Crippen molar-refractivity contribution >= 4 is 11.6 Å². The van der Waals surface area contributed by atoms with Gasteiger partial charge >= 0.3 is 0 Å². The number of hydrogen-bond donors (Lipinski definition) is 1. The van der Waals surface area contributed by atoms with E-state index in [1.165, 1.54) is 44.1 Å². The van der Waals surface area contributed by atoms with Gasteiger partial charge in [0, 0.05) is 11.1 Å². The molecule has 94 valence electrons. The molecule has 0 amide bonds. The maximum atomic E-state index is 6.28. The van der Waals surface area contributed by atoms with E-state index in [0.717, 1.165) is 17.4 Å². The van der Waals surface area contributed by atoms with Gasteiger partial charge in [0.1, 0.15) is 0 Å². The first-order valence-corrected chi connectivity index (χ1v) is 7.14. The van der Waals surface area contributed by atoms with Crippen LogP contribution in [-0.4, -0.2) is 0 Å². The highest BCUT2D eigenvalue weighted by Crippen LogP contribution is 2.30. The van der Waals surface area contributed by atoms with Crippen molar-refractivity contribution < 1.29 is 0 Å². The maximum absolute atomic E-state index is 6.28. The molecule has 2 heteroatoms. The normalized spacial score (nSPS) is 19.9. The first-order chi connectivity index (χ1) is 8.25. The summed E-state index contributed by atoms with van der Waals surface area (Å²) in [4.78, 5) is 0. The lowest BCUT2D eigenvalue weighted by Gasteiger charge is -2.19. The van der Waals surface area contributed by atoms with Crippen molar-refractivity contribution in [3.63, 3.8) is 0 Å². The van der Waals surface area contributed by atoms with Gasteiger partial charge in [0.25, 0.3) is 0 Å². The molecule has 1 nitrogen and oxygen atoms in total. The van der Waals surface area contributed by atoms with E-state index in [9.17, 15) is 0 Å². The van der Waals surface area contributed by atoms with E-state index in [4.69, 9.17) is 17.3 Å². The highest BCUT2D eigenvalue weighted by atomic mass is 35.5. The molecule has 1 saturated carbocycles. The SMILES string of the molecule is NC(CC1CCCCCC1)c1ccc(Cl)cc1. The predicted molar refractivity (Wildman–Crippen MR) is 74.2 cm³/mol. The van der Waals surface area contributed by atoms with E-state index in [-0.39, 0.29) is 6.04 Å². The zero-order valence-corrected chi connectivity index (χ0v) is 11.1. The summed E-state index contributed by atoms with van der Waals surface area (Å²) in [5.74, 6) is 0.822. The first-order valence-electron chi connectivity index (χ1n) is 6.77. The fourth-order valence-corrected chi connectivity index (χ4v) is 2.93.